The van der Waals surface area contributed by atoms with E-state index >= 15 is 0 Å². The van der Waals surface area contributed by atoms with Gasteiger partial charge in [0.15, 0.2) is 0 Å². The van der Waals surface area contributed by atoms with Crippen molar-refractivity contribution in [2.75, 3.05) is 32.1 Å². The molecule has 1 unspecified atom stereocenters. The van der Waals surface area contributed by atoms with Crippen molar-refractivity contribution in [3.05, 3.63) is 32.5 Å². The number of anilines is 1. The SMILES string of the molecule is CCOC(=O)c1c(NC(=O)C2CCCN2S(=O)(=O)c2ccc(Cl)s2)sc2c1CCN(C)C2. The van der Waals surface area contributed by atoms with Crippen LogP contribution in [0.4, 0.5) is 5.00 Å². The third-order valence-electron chi connectivity index (χ3n) is 5.58. The standard InChI is InChI=1S/C20H24ClN3O5S3/c1-3-29-20(26)17-12-8-10-23(2)11-14(12)30-19(17)22-18(25)13-5-4-9-24(13)32(27,28)16-7-6-15(21)31-16/h6-7,13H,3-5,8-11H2,1-2H3,(H,22,25). The molecule has 2 aromatic rings. The number of amides is 1. The van der Waals surface area contributed by atoms with Crippen LogP contribution in [-0.2, 0) is 32.5 Å². The lowest BCUT2D eigenvalue weighted by molar-refractivity contribution is -0.119. The number of thiophene rings is 2. The number of ether oxygens (including phenoxy) is 1. The first-order chi connectivity index (χ1) is 15.2. The number of esters is 1. The number of nitrogens with zero attached hydrogens (tertiary/aromatic N) is 2. The Morgan fingerprint density at radius 2 is 2.06 bits per heavy atom. The maximum Gasteiger partial charge on any atom is 0.341 e. The van der Waals surface area contributed by atoms with E-state index in [0.717, 1.165) is 28.3 Å². The van der Waals surface area contributed by atoms with Gasteiger partial charge in [0.25, 0.3) is 10.0 Å². The number of carbonyl (C=O) groups excluding carboxylic acids is 2. The van der Waals surface area contributed by atoms with E-state index in [0.29, 0.717) is 40.7 Å². The van der Waals surface area contributed by atoms with E-state index in [4.69, 9.17) is 16.3 Å². The van der Waals surface area contributed by atoms with Crippen LogP contribution in [0.3, 0.4) is 0 Å². The van der Waals surface area contributed by atoms with E-state index in [1.165, 1.54) is 27.8 Å². The van der Waals surface area contributed by atoms with Crippen molar-refractivity contribution in [3.8, 4) is 0 Å². The highest BCUT2D eigenvalue weighted by molar-refractivity contribution is 7.91. The Bertz CT molecular complexity index is 1140. The molecule has 4 heterocycles. The van der Waals surface area contributed by atoms with Crippen molar-refractivity contribution in [2.24, 2.45) is 0 Å². The molecule has 8 nitrogen and oxygen atoms in total. The summed E-state index contributed by atoms with van der Waals surface area (Å²) in [5.41, 5.74) is 1.30. The summed E-state index contributed by atoms with van der Waals surface area (Å²) < 4.78 is 33.1. The molecular formula is C20H24ClN3O5S3. The number of halogens is 1. The number of fused-ring (bicyclic) bond motifs is 1. The molecule has 1 atom stereocenters. The minimum Gasteiger partial charge on any atom is -0.462 e. The van der Waals surface area contributed by atoms with E-state index < -0.39 is 27.9 Å². The lowest BCUT2D eigenvalue weighted by Gasteiger charge is -2.22. The molecule has 1 N–H and O–H groups in total. The molecule has 0 radical (unpaired) electrons. The molecule has 174 valence electrons. The van der Waals surface area contributed by atoms with Crippen LogP contribution in [0, 0.1) is 0 Å². The van der Waals surface area contributed by atoms with E-state index in [2.05, 4.69) is 10.2 Å². The topological polar surface area (TPSA) is 96.0 Å². The summed E-state index contributed by atoms with van der Waals surface area (Å²) in [5.74, 6) is -0.903. The monoisotopic (exact) mass is 517 g/mol. The summed E-state index contributed by atoms with van der Waals surface area (Å²) in [6.07, 6.45) is 1.68. The first kappa shape index (κ1) is 23.7. The quantitative estimate of drug-likeness (QED) is 0.590. The van der Waals surface area contributed by atoms with Crippen LogP contribution in [0.15, 0.2) is 16.3 Å². The average Bonchev–Trinajstić information content (AvgIpc) is 3.45. The zero-order valence-electron chi connectivity index (χ0n) is 17.7. The Hall–Kier alpha value is -1.50. The first-order valence-electron chi connectivity index (χ1n) is 10.3. The van der Waals surface area contributed by atoms with Crippen LogP contribution in [0.25, 0.3) is 0 Å². The molecule has 0 spiro atoms. The second-order valence-electron chi connectivity index (χ2n) is 7.74. The molecule has 4 rings (SSSR count). The summed E-state index contributed by atoms with van der Waals surface area (Å²) in [6, 6.07) is 2.14. The number of hydrogen-bond donors (Lipinski definition) is 1. The Balaban J connectivity index is 1.61. The van der Waals surface area contributed by atoms with Gasteiger partial charge in [-0.1, -0.05) is 11.6 Å². The minimum atomic E-state index is -3.84. The summed E-state index contributed by atoms with van der Waals surface area (Å²) in [4.78, 5) is 29.1. The van der Waals surface area contributed by atoms with Crippen LogP contribution in [0.2, 0.25) is 4.34 Å². The lowest BCUT2D eigenvalue weighted by atomic mass is 10.0. The van der Waals surface area contributed by atoms with Crippen molar-refractivity contribution >= 4 is 61.2 Å². The number of likely N-dealkylation sites (N-methyl/N-ethyl adjacent to an activating group) is 1. The van der Waals surface area contributed by atoms with Crippen molar-refractivity contribution < 1.29 is 22.7 Å². The van der Waals surface area contributed by atoms with Crippen LogP contribution in [0.5, 0.6) is 0 Å². The first-order valence-corrected chi connectivity index (χ1v) is 13.8. The van der Waals surface area contributed by atoms with Gasteiger partial charge in [-0.2, -0.15) is 4.31 Å². The number of rotatable bonds is 6. The van der Waals surface area contributed by atoms with Crippen molar-refractivity contribution in [1.82, 2.24) is 9.21 Å². The van der Waals surface area contributed by atoms with E-state index in [9.17, 15) is 18.0 Å². The normalized spacial score (nSPS) is 19.7. The predicted octanol–water partition coefficient (Wildman–Crippen LogP) is 3.42. The molecule has 0 aliphatic carbocycles. The Labute approximate surface area is 200 Å². The molecule has 2 aliphatic rings. The smallest absolute Gasteiger partial charge is 0.341 e. The third kappa shape index (κ3) is 4.46. The Morgan fingerprint density at radius 1 is 1.28 bits per heavy atom. The van der Waals surface area contributed by atoms with Crippen LogP contribution >= 0.6 is 34.3 Å². The van der Waals surface area contributed by atoms with Gasteiger partial charge in [-0.15, -0.1) is 22.7 Å². The molecule has 1 saturated heterocycles. The predicted molar refractivity (Wildman–Crippen MR) is 125 cm³/mol. The van der Waals surface area contributed by atoms with Crippen LogP contribution < -0.4 is 5.32 Å². The van der Waals surface area contributed by atoms with Crippen LogP contribution in [-0.4, -0.2) is 62.3 Å². The van der Waals surface area contributed by atoms with Gasteiger partial charge in [0.05, 0.1) is 16.5 Å². The summed E-state index contributed by atoms with van der Waals surface area (Å²) in [7, 11) is -1.83. The van der Waals surface area contributed by atoms with Gasteiger partial charge >= 0.3 is 5.97 Å². The van der Waals surface area contributed by atoms with Gasteiger partial charge in [-0.3, -0.25) is 4.79 Å². The van der Waals surface area contributed by atoms with Crippen molar-refractivity contribution in [3.63, 3.8) is 0 Å². The molecule has 32 heavy (non-hydrogen) atoms. The molecular weight excluding hydrogens is 494 g/mol. The Morgan fingerprint density at radius 3 is 2.75 bits per heavy atom. The zero-order valence-corrected chi connectivity index (χ0v) is 20.9. The summed E-state index contributed by atoms with van der Waals surface area (Å²) in [5, 5.41) is 3.28. The minimum absolute atomic E-state index is 0.115. The molecule has 0 bridgehead atoms. The fourth-order valence-corrected chi connectivity index (χ4v) is 8.66. The number of carbonyl (C=O) groups is 2. The molecule has 0 saturated carbocycles. The van der Waals surface area contributed by atoms with E-state index in [1.807, 2.05) is 7.05 Å². The summed E-state index contributed by atoms with van der Waals surface area (Å²) >= 11 is 8.25. The van der Waals surface area contributed by atoms with E-state index in [-0.39, 0.29) is 17.4 Å². The molecule has 0 aromatic carbocycles. The zero-order chi connectivity index (χ0) is 23.0. The lowest BCUT2D eigenvalue weighted by Crippen LogP contribution is -2.42. The maximum atomic E-state index is 13.2. The van der Waals surface area contributed by atoms with Gasteiger partial charge in [-0.05, 0) is 50.9 Å². The highest BCUT2D eigenvalue weighted by atomic mass is 35.5. The van der Waals surface area contributed by atoms with Crippen molar-refractivity contribution in [2.45, 2.75) is 43.0 Å². The van der Waals surface area contributed by atoms with Gasteiger partial charge in [0.1, 0.15) is 15.3 Å². The Kier molecular flexibility index (Phi) is 6.94. The van der Waals surface area contributed by atoms with Gasteiger partial charge in [-0.25, -0.2) is 13.2 Å². The second kappa shape index (κ2) is 9.40. The third-order valence-corrected chi connectivity index (χ3v) is 10.3. The molecule has 2 aromatic heterocycles. The highest BCUT2D eigenvalue weighted by Crippen LogP contribution is 2.38. The molecule has 12 heteroatoms. The number of sulfonamides is 1. The van der Waals surface area contributed by atoms with Gasteiger partial charge in [0, 0.05) is 24.5 Å². The highest BCUT2D eigenvalue weighted by Gasteiger charge is 2.41. The van der Waals surface area contributed by atoms with Gasteiger partial charge < -0.3 is 15.0 Å². The average molecular weight is 518 g/mol. The fraction of sp³-hybridized carbons (Fsp3) is 0.500. The second-order valence-corrected chi connectivity index (χ2v) is 12.7. The molecule has 2 aliphatic heterocycles. The molecule has 1 amide bonds. The van der Waals surface area contributed by atoms with Crippen LogP contribution in [0.1, 0.15) is 40.6 Å². The molecule has 1 fully saturated rings. The van der Waals surface area contributed by atoms with Crippen molar-refractivity contribution in [1.29, 1.82) is 0 Å². The van der Waals surface area contributed by atoms with Gasteiger partial charge in [0.2, 0.25) is 5.91 Å². The largest absolute Gasteiger partial charge is 0.462 e. The number of nitrogens with one attached hydrogen (secondary N) is 1. The van der Waals surface area contributed by atoms with E-state index in [1.54, 1.807) is 6.92 Å². The fourth-order valence-electron chi connectivity index (χ4n) is 4.08. The maximum absolute atomic E-state index is 13.2. The summed E-state index contributed by atoms with van der Waals surface area (Å²) in [6.45, 7) is 3.72. The number of hydrogen-bond acceptors (Lipinski definition) is 8.